The van der Waals surface area contributed by atoms with Gasteiger partial charge in [0.15, 0.2) is 0 Å². The summed E-state index contributed by atoms with van der Waals surface area (Å²) in [7, 11) is 0. The molecular formula is C72H88O6. The molecule has 0 aromatic carbocycles. The molecule has 27 atom stereocenters. The van der Waals surface area contributed by atoms with Crippen molar-refractivity contribution in [1.82, 2.24) is 0 Å². The van der Waals surface area contributed by atoms with Crippen molar-refractivity contribution in [1.29, 1.82) is 0 Å². The van der Waals surface area contributed by atoms with Crippen LogP contribution in [-0.4, -0.2) is 67.2 Å². The molecule has 412 valence electrons. The predicted molar refractivity (Wildman–Crippen MR) is 304 cm³/mol. The molecule has 0 amide bonds. The zero-order chi connectivity index (χ0) is 52.2. The number of allylic oxidation sites excluding steroid dienone is 11. The summed E-state index contributed by atoms with van der Waals surface area (Å²) < 4.78 is 51.0. The lowest BCUT2D eigenvalue weighted by atomic mass is 9.43. The van der Waals surface area contributed by atoms with Crippen molar-refractivity contribution in [3.63, 3.8) is 0 Å². The molecule has 12 saturated heterocycles. The van der Waals surface area contributed by atoms with E-state index in [2.05, 4.69) is 168 Å². The molecule has 0 aromatic rings. The Morgan fingerprint density at radius 3 is 1.24 bits per heavy atom. The predicted octanol–water partition coefficient (Wildman–Crippen LogP) is 14.7. The van der Waals surface area contributed by atoms with Crippen molar-refractivity contribution in [2.75, 3.05) is 0 Å². The van der Waals surface area contributed by atoms with Gasteiger partial charge in [-0.25, -0.2) is 0 Å². The van der Waals surface area contributed by atoms with E-state index in [9.17, 15) is 0 Å². The van der Waals surface area contributed by atoms with Crippen molar-refractivity contribution >= 4 is 0 Å². The third-order valence-corrected chi connectivity index (χ3v) is 28.0. The Morgan fingerprint density at radius 1 is 0.346 bits per heavy atom. The number of hydrogen-bond acceptors (Lipinski definition) is 6. The Morgan fingerprint density at radius 2 is 0.731 bits per heavy atom. The molecule has 6 heteroatoms. The second kappa shape index (κ2) is 15.4. The molecule has 0 N–H and O–H groups in total. The Hall–Kier alpha value is -3.10. The van der Waals surface area contributed by atoms with Crippen LogP contribution in [0.4, 0.5) is 0 Å². The molecule has 12 bridgehead atoms. The van der Waals surface area contributed by atoms with Crippen LogP contribution in [0.2, 0.25) is 0 Å². The van der Waals surface area contributed by atoms with Crippen LogP contribution >= 0.6 is 0 Å². The zero-order valence-corrected chi connectivity index (χ0v) is 47.5. The Labute approximate surface area is 466 Å². The van der Waals surface area contributed by atoms with Crippen LogP contribution in [-0.2, 0) is 28.4 Å². The van der Waals surface area contributed by atoms with Crippen LogP contribution in [0.3, 0.4) is 0 Å². The summed E-state index contributed by atoms with van der Waals surface area (Å²) in [5, 5.41) is 0. The third kappa shape index (κ3) is 4.95. The third-order valence-electron chi connectivity index (χ3n) is 28.0. The van der Waals surface area contributed by atoms with Gasteiger partial charge in [0.25, 0.3) is 0 Å². The monoisotopic (exact) mass is 1050 g/mol. The molecule has 18 aliphatic rings. The lowest BCUT2D eigenvalue weighted by molar-refractivity contribution is -0.278. The molecule has 12 fully saturated rings. The summed E-state index contributed by atoms with van der Waals surface area (Å²) in [5.74, 6) is 4.11. The fourth-order valence-electron chi connectivity index (χ4n) is 25.7. The van der Waals surface area contributed by atoms with E-state index in [-0.39, 0.29) is 69.7 Å². The van der Waals surface area contributed by atoms with Crippen LogP contribution in [0.5, 0.6) is 0 Å². The Bertz CT molecular complexity index is 2970. The van der Waals surface area contributed by atoms with Crippen LogP contribution in [0.25, 0.3) is 0 Å². The lowest BCUT2D eigenvalue weighted by Crippen LogP contribution is -2.67. The lowest BCUT2D eigenvalue weighted by Gasteiger charge is -2.57. The van der Waals surface area contributed by atoms with Crippen LogP contribution in [0, 0.1) is 88.8 Å². The quantitative estimate of drug-likeness (QED) is 0.143. The smallest absolute Gasteiger partial charge is 0.108 e. The topological polar surface area (TPSA) is 55.4 Å². The van der Waals surface area contributed by atoms with E-state index < -0.39 is 44.8 Å². The summed E-state index contributed by atoms with van der Waals surface area (Å²) in [6, 6.07) is 0. The van der Waals surface area contributed by atoms with E-state index in [0.717, 1.165) is 70.6 Å². The largest absolute Gasteiger partial charge is 0.365 e. The Kier molecular flexibility index (Phi) is 9.54. The van der Waals surface area contributed by atoms with E-state index in [0.29, 0.717) is 41.4 Å². The molecule has 78 heavy (non-hydrogen) atoms. The second-order valence-electron chi connectivity index (χ2n) is 30.3. The minimum absolute atomic E-state index is 0.168. The van der Waals surface area contributed by atoms with Gasteiger partial charge in [-0.3, -0.25) is 0 Å². The van der Waals surface area contributed by atoms with Crippen molar-refractivity contribution in [2.45, 2.75) is 217 Å². The van der Waals surface area contributed by atoms with Crippen LogP contribution in [0.15, 0.2) is 134 Å². The van der Waals surface area contributed by atoms with Crippen LogP contribution < -0.4 is 0 Å². The summed E-state index contributed by atoms with van der Waals surface area (Å²) >= 11 is 0. The van der Waals surface area contributed by atoms with Crippen molar-refractivity contribution in [2.24, 2.45) is 88.8 Å². The second-order valence-corrected chi connectivity index (χ2v) is 30.3. The summed E-state index contributed by atoms with van der Waals surface area (Å²) in [6.45, 7) is 12.3. The van der Waals surface area contributed by atoms with Crippen molar-refractivity contribution in [3.8, 4) is 0 Å². The first-order valence-electron chi connectivity index (χ1n) is 32.5. The zero-order valence-electron chi connectivity index (χ0n) is 47.5. The van der Waals surface area contributed by atoms with Gasteiger partial charge in [0.1, 0.15) is 56.0 Å². The highest BCUT2D eigenvalue weighted by molar-refractivity contribution is 5.50. The van der Waals surface area contributed by atoms with E-state index in [4.69, 9.17) is 28.4 Å². The molecule has 0 saturated carbocycles. The van der Waals surface area contributed by atoms with Gasteiger partial charge in [-0.05, 0) is 109 Å². The maximum absolute atomic E-state index is 9.13. The Balaban J connectivity index is 0.801. The van der Waals surface area contributed by atoms with Gasteiger partial charge in [0.2, 0.25) is 0 Å². The molecule has 6 aliphatic carbocycles. The van der Waals surface area contributed by atoms with Crippen molar-refractivity contribution in [3.05, 3.63) is 134 Å². The van der Waals surface area contributed by atoms with E-state index in [1.165, 1.54) is 44.9 Å². The van der Waals surface area contributed by atoms with E-state index in [1.54, 1.807) is 0 Å². The fourth-order valence-corrected chi connectivity index (χ4v) is 25.7. The minimum Gasteiger partial charge on any atom is -0.365 e. The van der Waals surface area contributed by atoms with Gasteiger partial charge < -0.3 is 28.4 Å². The SMILES string of the molecule is CCCCCCCCC1CC2(C34CCC(C56CCC(C)(O5)C5C=CC=CC56)(O3)C3C=CC=CC34)OC1(C13OC(C45CCC(C67CCC(C)(O6)C6C=CC=CC67)(O4)C4C=CC=CC45)(CC1C)C1C=CC(C)CC13)C1C=CC=CC12. The van der Waals surface area contributed by atoms with E-state index >= 15 is 0 Å². The van der Waals surface area contributed by atoms with Gasteiger partial charge in [-0.15, -0.1) is 0 Å². The first kappa shape index (κ1) is 48.4. The maximum atomic E-state index is 9.13. The highest BCUT2D eigenvalue weighted by atomic mass is 16.7. The normalized spacial score (nSPS) is 61.3. The van der Waals surface area contributed by atoms with Crippen molar-refractivity contribution < 1.29 is 28.4 Å². The average molecular weight is 1050 g/mol. The van der Waals surface area contributed by atoms with E-state index in [1.807, 2.05) is 0 Å². The first-order chi connectivity index (χ1) is 37.9. The molecule has 12 heterocycles. The molecule has 27 unspecified atom stereocenters. The first-order valence-corrected chi connectivity index (χ1v) is 32.5. The molecule has 0 aromatic heterocycles. The molecule has 0 spiro atoms. The van der Waals surface area contributed by atoms with Crippen LogP contribution in [0.1, 0.15) is 150 Å². The number of hydrogen-bond donors (Lipinski definition) is 0. The standard InChI is InChI=1S/C72H88O6/c1-6-7-8-9-10-11-22-48-45-70(68-42-40-66(76-68,54-28-17-19-30-56(54)68)64-38-36-62(5,74-64)50-24-13-15-26-52(50)64)57-31-20-21-32-59(57)72(48,78-70)71-47(3)44-69(77-71,58-34-33-46(2)43-60(58)71)67-41-39-65(75-67,53-27-16-18-29-55(53)67)63-37-35-61(4,73-63)49-23-12-14-25-51(49)63/h12-21,23-34,46-60H,6-11,22,35-45H2,1-5H3. The molecule has 18 rings (SSSR count). The number of rotatable bonds is 12. The van der Waals surface area contributed by atoms with Gasteiger partial charge in [0, 0.05) is 71.0 Å². The highest BCUT2D eigenvalue weighted by Crippen LogP contribution is 2.86. The maximum Gasteiger partial charge on any atom is 0.108 e. The van der Waals surface area contributed by atoms with Gasteiger partial charge in [-0.1, -0.05) is 193 Å². The summed E-state index contributed by atoms with van der Waals surface area (Å²) in [4.78, 5) is 0. The minimum atomic E-state index is -0.556. The molecular weight excluding hydrogens is 961 g/mol. The highest BCUT2D eigenvalue weighted by Gasteiger charge is 2.94. The molecule has 6 nitrogen and oxygen atoms in total. The summed E-state index contributed by atoms with van der Waals surface area (Å²) in [6.07, 6.45) is 74.8. The fraction of sp³-hybridized carbons (Fsp3) is 0.694. The summed E-state index contributed by atoms with van der Waals surface area (Å²) in [5.41, 5.74) is -5.20. The van der Waals surface area contributed by atoms with Gasteiger partial charge >= 0.3 is 0 Å². The molecule has 12 aliphatic heterocycles. The number of ether oxygens (including phenoxy) is 6. The average Bonchev–Trinajstić information content (AvgIpc) is 1.87. The number of unbranched alkanes of at least 4 members (excludes halogenated alkanes) is 5. The van der Waals surface area contributed by atoms with Gasteiger partial charge in [-0.2, -0.15) is 0 Å². The van der Waals surface area contributed by atoms with Gasteiger partial charge in [0.05, 0.1) is 11.2 Å². The molecule has 0 radical (unpaired) electrons. The number of fused-ring (bicyclic) bond motifs is 35.